The lowest BCUT2D eigenvalue weighted by molar-refractivity contribution is 0.288. The average Bonchev–Trinajstić information content (AvgIpc) is 2.75. The van der Waals surface area contributed by atoms with E-state index in [0.717, 1.165) is 25.1 Å². The van der Waals surface area contributed by atoms with Gasteiger partial charge in [0.15, 0.2) is 0 Å². The van der Waals surface area contributed by atoms with Crippen molar-refractivity contribution in [2.75, 3.05) is 0 Å². The highest BCUT2D eigenvalue weighted by Gasteiger charge is 2.29. The van der Waals surface area contributed by atoms with Crippen molar-refractivity contribution in [3.8, 4) is 0 Å². The zero-order valence-corrected chi connectivity index (χ0v) is 11.0. The van der Waals surface area contributed by atoms with Gasteiger partial charge in [0.2, 0.25) is 0 Å². The Hall–Kier alpha value is -1.68. The largest absolute Gasteiger partial charge is 0.308 e. The Morgan fingerprint density at radius 1 is 1.26 bits per heavy atom. The Labute approximate surface area is 112 Å². The van der Waals surface area contributed by atoms with Crippen LogP contribution in [-0.4, -0.2) is 15.8 Å². The maximum absolute atomic E-state index is 12.8. The minimum atomic E-state index is -0.159. The van der Waals surface area contributed by atoms with Crippen molar-refractivity contribution in [3.05, 3.63) is 53.6 Å². The summed E-state index contributed by atoms with van der Waals surface area (Å²) in [6.07, 6.45) is 4.20. The molecule has 0 bridgehead atoms. The lowest BCUT2D eigenvalue weighted by atomic mass is 9.76. The van der Waals surface area contributed by atoms with E-state index >= 15 is 0 Å². The fourth-order valence-electron chi connectivity index (χ4n) is 2.60. The summed E-state index contributed by atoms with van der Waals surface area (Å²) in [7, 11) is 1.93. The van der Waals surface area contributed by atoms with Crippen LogP contribution in [-0.2, 0) is 13.6 Å². The molecule has 2 aromatic rings. The monoisotopic (exact) mass is 259 g/mol. The second kappa shape index (κ2) is 5.13. The molecule has 1 aromatic carbocycles. The lowest BCUT2D eigenvalue weighted by Gasteiger charge is -2.36. The zero-order valence-electron chi connectivity index (χ0n) is 11.0. The van der Waals surface area contributed by atoms with Crippen LogP contribution in [0.3, 0.4) is 0 Å². The molecule has 1 heterocycles. The number of nitrogens with one attached hydrogen (secondary N) is 1. The molecule has 3 nitrogen and oxygen atoms in total. The summed E-state index contributed by atoms with van der Waals surface area (Å²) >= 11 is 0. The van der Waals surface area contributed by atoms with Gasteiger partial charge in [0, 0.05) is 25.8 Å². The van der Waals surface area contributed by atoms with Crippen molar-refractivity contribution < 1.29 is 4.39 Å². The van der Waals surface area contributed by atoms with E-state index in [-0.39, 0.29) is 5.82 Å². The van der Waals surface area contributed by atoms with Gasteiger partial charge in [0.05, 0.1) is 5.69 Å². The van der Waals surface area contributed by atoms with Gasteiger partial charge < -0.3 is 5.32 Å². The highest BCUT2D eigenvalue weighted by atomic mass is 19.1. The van der Waals surface area contributed by atoms with Crippen LogP contribution in [0.15, 0.2) is 36.5 Å². The number of hydrogen-bond donors (Lipinski definition) is 1. The third-order valence-corrected chi connectivity index (χ3v) is 3.82. The van der Waals surface area contributed by atoms with Crippen molar-refractivity contribution in [1.29, 1.82) is 0 Å². The van der Waals surface area contributed by atoms with E-state index in [9.17, 15) is 4.39 Å². The molecule has 100 valence electrons. The fraction of sp³-hybridized carbons (Fsp3) is 0.400. The first kappa shape index (κ1) is 12.4. The number of nitrogens with zero attached hydrogens (tertiary/aromatic N) is 2. The van der Waals surface area contributed by atoms with Crippen LogP contribution in [0.2, 0.25) is 0 Å². The molecular weight excluding hydrogens is 241 g/mol. The SMILES string of the molecule is Cn1ccc(CNC2CC(c3ccc(F)cc3)C2)n1. The Kier molecular flexibility index (Phi) is 3.34. The first-order chi connectivity index (χ1) is 9.20. The summed E-state index contributed by atoms with van der Waals surface area (Å²) in [6, 6.07) is 9.47. The molecular formula is C15H18FN3. The third kappa shape index (κ3) is 2.84. The maximum atomic E-state index is 12.8. The Bertz CT molecular complexity index is 541. The van der Waals surface area contributed by atoms with Gasteiger partial charge in [-0.05, 0) is 42.5 Å². The minimum Gasteiger partial charge on any atom is -0.308 e. The van der Waals surface area contributed by atoms with E-state index in [4.69, 9.17) is 0 Å². The molecule has 0 amide bonds. The molecule has 0 saturated heterocycles. The van der Waals surface area contributed by atoms with E-state index in [0.29, 0.717) is 12.0 Å². The Morgan fingerprint density at radius 3 is 2.63 bits per heavy atom. The molecule has 1 saturated carbocycles. The van der Waals surface area contributed by atoms with Crippen LogP contribution >= 0.6 is 0 Å². The van der Waals surface area contributed by atoms with Gasteiger partial charge in [-0.25, -0.2) is 4.39 Å². The van der Waals surface area contributed by atoms with E-state index in [1.54, 1.807) is 12.1 Å². The lowest BCUT2D eigenvalue weighted by Crippen LogP contribution is -2.39. The van der Waals surface area contributed by atoms with Crippen molar-refractivity contribution in [2.24, 2.45) is 7.05 Å². The van der Waals surface area contributed by atoms with Crippen LogP contribution in [0.4, 0.5) is 4.39 Å². The topological polar surface area (TPSA) is 29.9 Å². The molecule has 0 aliphatic heterocycles. The van der Waals surface area contributed by atoms with Gasteiger partial charge in [-0.15, -0.1) is 0 Å². The summed E-state index contributed by atoms with van der Waals surface area (Å²) < 4.78 is 14.7. The van der Waals surface area contributed by atoms with Gasteiger partial charge >= 0.3 is 0 Å². The molecule has 0 spiro atoms. The first-order valence-electron chi connectivity index (χ1n) is 6.68. The fourth-order valence-corrected chi connectivity index (χ4v) is 2.60. The quantitative estimate of drug-likeness (QED) is 0.914. The minimum absolute atomic E-state index is 0.159. The molecule has 1 aliphatic rings. The van der Waals surface area contributed by atoms with Gasteiger partial charge in [0.1, 0.15) is 5.82 Å². The van der Waals surface area contributed by atoms with Gasteiger partial charge in [-0.2, -0.15) is 5.10 Å². The van der Waals surface area contributed by atoms with Crippen LogP contribution in [0, 0.1) is 5.82 Å². The Balaban J connectivity index is 1.46. The summed E-state index contributed by atoms with van der Waals surface area (Å²) in [5.74, 6) is 0.412. The number of aryl methyl sites for hydroxylation is 1. The van der Waals surface area contributed by atoms with Crippen LogP contribution in [0.1, 0.15) is 30.0 Å². The predicted molar refractivity (Wildman–Crippen MR) is 72.2 cm³/mol. The molecule has 1 fully saturated rings. The molecule has 0 atom stereocenters. The van der Waals surface area contributed by atoms with Gasteiger partial charge in [0.25, 0.3) is 0 Å². The van der Waals surface area contributed by atoms with Crippen molar-refractivity contribution in [3.63, 3.8) is 0 Å². The van der Waals surface area contributed by atoms with E-state index < -0.39 is 0 Å². The summed E-state index contributed by atoms with van der Waals surface area (Å²) in [5, 5.41) is 7.85. The number of hydrogen-bond acceptors (Lipinski definition) is 2. The molecule has 4 heteroatoms. The van der Waals surface area contributed by atoms with Gasteiger partial charge in [-0.3, -0.25) is 4.68 Å². The van der Waals surface area contributed by atoms with Crippen LogP contribution in [0.25, 0.3) is 0 Å². The van der Waals surface area contributed by atoms with Crippen molar-refractivity contribution in [1.82, 2.24) is 15.1 Å². The van der Waals surface area contributed by atoms with Gasteiger partial charge in [-0.1, -0.05) is 12.1 Å². The molecule has 1 N–H and O–H groups in total. The number of benzene rings is 1. The molecule has 3 rings (SSSR count). The van der Waals surface area contributed by atoms with Crippen LogP contribution in [0.5, 0.6) is 0 Å². The summed E-state index contributed by atoms with van der Waals surface area (Å²) in [6.45, 7) is 0.821. The standard InChI is InChI=1S/C15H18FN3/c1-19-7-6-14(18-19)10-17-15-8-12(9-15)11-2-4-13(16)5-3-11/h2-7,12,15,17H,8-10H2,1H3. The average molecular weight is 259 g/mol. The molecule has 0 unspecified atom stereocenters. The number of rotatable bonds is 4. The zero-order chi connectivity index (χ0) is 13.2. The molecule has 1 aliphatic carbocycles. The summed E-state index contributed by atoms with van der Waals surface area (Å²) in [5.41, 5.74) is 2.32. The third-order valence-electron chi connectivity index (χ3n) is 3.82. The van der Waals surface area contributed by atoms with E-state index in [1.165, 1.54) is 5.56 Å². The van der Waals surface area contributed by atoms with Crippen LogP contribution < -0.4 is 5.32 Å². The number of halogens is 1. The first-order valence-corrected chi connectivity index (χ1v) is 6.68. The second-order valence-corrected chi connectivity index (χ2v) is 5.28. The smallest absolute Gasteiger partial charge is 0.123 e. The molecule has 19 heavy (non-hydrogen) atoms. The second-order valence-electron chi connectivity index (χ2n) is 5.28. The van der Waals surface area contributed by atoms with Crippen molar-refractivity contribution >= 4 is 0 Å². The maximum Gasteiger partial charge on any atom is 0.123 e. The number of aromatic nitrogens is 2. The summed E-state index contributed by atoms with van der Waals surface area (Å²) in [4.78, 5) is 0. The molecule has 1 aromatic heterocycles. The highest BCUT2D eigenvalue weighted by molar-refractivity contribution is 5.23. The van der Waals surface area contributed by atoms with E-state index in [2.05, 4.69) is 10.4 Å². The predicted octanol–water partition coefficient (Wildman–Crippen LogP) is 2.60. The normalized spacial score (nSPS) is 22.2. The van der Waals surface area contributed by atoms with E-state index in [1.807, 2.05) is 36.1 Å². The van der Waals surface area contributed by atoms with Crippen molar-refractivity contribution in [2.45, 2.75) is 31.3 Å². The highest BCUT2D eigenvalue weighted by Crippen LogP contribution is 2.36. The molecule has 0 radical (unpaired) electrons. The Morgan fingerprint density at radius 2 is 2.00 bits per heavy atom.